The normalized spacial score (nSPS) is 20.3. The van der Waals surface area contributed by atoms with Gasteiger partial charge in [-0.15, -0.1) is 11.8 Å². The van der Waals surface area contributed by atoms with Gasteiger partial charge in [0.25, 0.3) is 0 Å². The molecule has 34 heavy (non-hydrogen) atoms. The van der Waals surface area contributed by atoms with Crippen molar-refractivity contribution in [1.82, 2.24) is 5.32 Å². The van der Waals surface area contributed by atoms with Crippen molar-refractivity contribution in [3.05, 3.63) is 70.1 Å². The molecule has 1 heterocycles. The maximum Gasteiger partial charge on any atom is 0.194 e. The Morgan fingerprint density at radius 2 is 1.79 bits per heavy atom. The zero-order valence-corrected chi connectivity index (χ0v) is 20.1. The van der Waals surface area contributed by atoms with Crippen molar-refractivity contribution in [2.45, 2.75) is 38.0 Å². The molecule has 8 heteroatoms. The van der Waals surface area contributed by atoms with E-state index >= 15 is 0 Å². The Hall–Kier alpha value is -3.52. The summed E-state index contributed by atoms with van der Waals surface area (Å²) in [4.78, 5) is 40.0. The number of fused-ring (bicyclic) bond motifs is 3. The van der Waals surface area contributed by atoms with Crippen LogP contribution in [-0.2, 0) is 15.0 Å². The lowest BCUT2D eigenvalue weighted by Gasteiger charge is -2.29. The van der Waals surface area contributed by atoms with Crippen LogP contribution < -0.4 is 10.1 Å². The van der Waals surface area contributed by atoms with E-state index in [1.165, 1.54) is 19.9 Å². The van der Waals surface area contributed by atoms with Crippen molar-refractivity contribution < 1.29 is 29.3 Å². The van der Waals surface area contributed by atoms with E-state index in [4.69, 9.17) is 4.74 Å². The van der Waals surface area contributed by atoms with E-state index < -0.39 is 28.5 Å². The lowest BCUT2D eigenvalue weighted by Crippen LogP contribution is -2.41. The summed E-state index contributed by atoms with van der Waals surface area (Å²) in [6.45, 7) is 6.46. The second kappa shape index (κ2) is 8.68. The van der Waals surface area contributed by atoms with E-state index in [2.05, 4.69) is 5.32 Å². The van der Waals surface area contributed by atoms with Crippen molar-refractivity contribution in [3.8, 4) is 17.2 Å². The van der Waals surface area contributed by atoms with E-state index in [9.17, 15) is 24.6 Å². The Morgan fingerprint density at radius 3 is 2.44 bits per heavy atom. The summed E-state index contributed by atoms with van der Waals surface area (Å²) >= 11 is 1.65. The molecule has 0 unspecified atom stereocenters. The molecule has 7 nitrogen and oxygen atoms in total. The highest BCUT2D eigenvalue weighted by Crippen LogP contribution is 2.57. The summed E-state index contributed by atoms with van der Waals surface area (Å²) in [7, 11) is 0. The van der Waals surface area contributed by atoms with E-state index in [1.807, 2.05) is 30.3 Å². The van der Waals surface area contributed by atoms with Gasteiger partial charge in [0.1, 0.15) is 34.0 Å². The fourth-order valence-electron chi connectivity index (χ4n) is 4.37. The average Bonchev–Trinajstić information content (AvgIpc) is 3.09. The zero-order valence-electron chi connectivity index (χ0n) is 19.3. The molecule has 0 radical (unpaired) electrons. The maximum absolute atomic E-state index is 13.7. The summed E-state index contributed by atoms with van der Waals surface area (Å²) in [6, 6.07) is 9.89. The van der Waals surface area contributed by atoms with Gasteiger partial charge in [0.15, 0.2) is 17.3 Å². The number of phenolic OH excluding ortho intramolecular Hbond substituents is 2. The third-order valence-corrected chi connectivity index (χ3v) is 7.28. The number of hydrogen-bond donors (Lipinski definition) is 3. The number of aromatic hydroxyl groups is 2. The Morgan fingerprint density at radius 1 is 1.12 bits per heavy atom. The molecule has 0 bridgehead atoms. The molecule has 0 fully saturated rings. The Kier molecular flexibility index (Phi) is 6.03. The highest BCUT2D eigenvalue weighted by Gasteiger charge is 2.56. The van der Waals surface area contributed by atoms with Gasteiger partial charge in [-0.25, -0.2) is 0 Å². The van der Waals surface area contributed by atoms with Crippen LogP contribution in [0.15, 0.2) is 58.3 Å². The summed E-state index contributed by atoms with van der Waals surface area (Å²) in [6.07, 6.45) is 1.22. The monoisotopic (exact) mass is 479 g/mol. The highest BCUT2D eigenvalue weighted by molar-refractivity contribution is 7.99. The quantitative estimate of drug-likeness (QED) is 0.188. The molecular weight excluding hydrogens is 454 g/mol. The van der Waals surface area contributed by atoms with Crippen LogP contribution in [0.4, 0.5) is 0 Å². The molecule has 176 valence electrons. The third kappa shape index (κ3) is 3.58. The second-order valence-corrected chi connectivity index (χ2v) is 9.64. The van der Waals surface area contributed by atoms with Crippen molar-refractivity contribution in [2.24, 2.45) is 0 Å². The SMILES string of the molecule is CC(=O)c1c(O)c(C)c(O)c2c1OC1=CC(=O)/C(=C(/C)NCCSc3ccccc3)C(=O)[C@]12C. The van der Waals surface area contributed by atoms with Crippen molar-refractivity contribution in [3.63, 3.8) is 0 Å². The number of carbonyl (C=O) groups excluding carboxylic acids is 3. The van der Waals surface area contributed by atoms with Gasteiger partial charge in [-0.05, 0) is 39.8 Å². The molecule has 3 N–H and O–H groups in total. The fraction of sp³-hybridized carbons (Fsp3) is 0.269. The van der Waals surface area contributed by atoms with E-state index in [0.29, 0.717) is 12.2 Å². The average molecular weight is 480 g/mol. The largest absolute Gasteiger partial charge is 0.507 e. The number of hydrogen-bond acceptors (Lipinski definition) is 8. The number of rotatable bonds is 6. The fourth-order valence-corrected chi connectivity index (χ4v) is 5.16. The molecular formula is C26H25NO6S. The first-order chi connectivity index (χ1) is 16.1. The Labute approximate surface area is 201 Å². The number of ketones is 3. The number of Topliss-reactive ketones (excluding diaryl/α,β-unsaturated/α-hetero) is 2. The van der Waals surface area contributed by atoms with Gasteiger partial charge in [0, 0.05) is 34.5 Å². The van der Waals surface area contributed by atoms with Crippen LogP contribution in [0.1, 0.15) is 42.3 Å². The van der Waals surface area contributed by atoms with E-state index in [-0.39, 0.29) is 39.5 Å². The van der Waals surface area contributed by atoms with Crippen molar-refractivity contribution in [2.75, 3.05) is 12.3 Å². The first-order valence-corrected chi connectivity index (χ1v) is 11.8. The Balaban J connectivity index is 1.69. The van der Waals surface area contributed by atoms with Crippen molar-refractivity contribution in [1.29, 1.82) is 0 Å². The minimum absolute atomic E-state index is 0.0245. The smallest absolute Gasteiger partial charge is 0.194 e. The number of carbonyl (C=O) groups is 3. The molecule has 4 rings (SSSR count). The van der Waals surface area contributed by atoms with Crippen LogP contribution in [0.3, 0.4) is 0 Å². The molecule has 1 atom stereocenters. The van der Waals surface area contributed by atoms with Crippen LogP contribution in [-0.4, -0.2) is 39.9 Å². The Bertz CT molecular complexity index is 1290. The first kappa shape index (κ1) is 23.6. The minimum Gasteiger partial charge on any atom is -0.507 e. The molecule has 1 aliphatic heterocycles. The summed E-state index contributed by atoms with van der Waals surface area (Å²) in [5.74, 6) is -1.62. The number of benzene rings is 2. The van der Waals surface area contributed by atoms with Crippen LogP contribution in [0, 0.1) is 6.92 Å². The van der Waals surface area contributed by atoms with Gasteiger partial charge >= 0.3 is 0 Å². The summed E-state index contributed by atoms with van der Waals surface area (Å²) in [5.41, 5.74) is -1.08. The molecule has 0 aromatic heterocycles. The van der Waals surface area contributed by atoms with Gasteiger partial charge in [-0.3, -0.25) is 14.4 Å². The molecule has 1 aliphatic carbocycles. The number of ether oxygens (including phenoxy) is 1. The molecule has 0 saturated heterocycles. The standard InChI is InChI=1S/C26H25NO6S/c1-13-22(30)20(15(3)28)24-21(23(13)31)26(4)18(33-24)12-17(29)19(25(26)32)14(2)27-10-11-34-16-8-6-5-7-9-16/h5-9,12,27,30-31H,10-11H2,1-4H3/b19-14+/t26-/m1/s1. The number of thioether (sulfide) groups is 1. The zero-order chi connectivity index (χ0) is 24.8. The lowest BCUT2D eigenvalue weighted by molar-refractivity contribution is -0.123. The van der Waals surface area contributed by atoms with Gasteiger partial charge in [-0.2, -0.15) is 0 Å². The van der Waals surface area contributed by atoms with Gasteiger partial charge in [0.2, 0.25) is 0 Å². The molecule has 2 aliphatic rings. The minimum atomic E-state index is -1.51. The number of nitrogens with one attached hydrogen (secondary N) is 1. The van der Waals surface area contributed by atoms with Crippen molar-refractivity contribution >= 4 is 29.1 Å². The predicted molar refractivity (Wildman–Crippen MR) is 128 cm³/mol. The summed E-state index contributed by atoms with van der Waals surface area (Å²) in [5, 5.41) is 24.4. The first-order valence-electron chi connectivity index (χ1n) is 10.8. The molecule has 0 saturated carbocycles. The maximum atomic E-state index is 13.7. The highest BCUT2D eigenvalue weighted by atomic mass is 32.2. The van der Waals surface area contributed by atoms with Crippen LogP contribution >= 0.6 is 11.8 Å². The number of allylic oxidation sites excluding steroid dienone is 4. The third-order valence-electron chi connectivity index (χ3n) is 6.26. The molecule has 2 aromatic rings. The second-order valence-electron chi connectivity index (χ2n) is 8.47. The number of phenols is 2. The van der Waals surface area contributed by atoms with Gasteiger partial charge in [0.05, 0.1) is 11.1 Å². The lowest BCUT2D eigenvalue weighted by atomic mass is 9.70. The molecule has 0 spiro atoms. The molecule has 0 amide bonds. The van der Waals surface area contributed by atoms with Gasteiger partial charge < -0.3 is 20.3 Å². The van der Waals surface area contributed by atoms with Crippen LogP contribution in [0.5, 0.6) is 17.2 Å². The molecule has 2 aromatic carbocycles. The van der Waals surface area contributed by atoms with Gasteiger partial charge in [-0.1, -0.05) is 18.2 Å². The predicted octanol–water partition coefficient (Wildman–Crippen LogP) is 3.95. The van der Waals surface area contributed by atoms with Crippen LogP contribution in [0.2, 0.25) is 0 Å². The summed E-state index contributed by atoms with van der Waals surface area (Å²) < 4.78 is 5.77. The topological polar surface area (TPSA) is 113 Å². The van der Waals surface area contributed by atoms with E-state index in [1.54, 1.807) is 25.6 Å². The van der Waals surface area contributed by atoms with Crippen LogP contribution in [0.25, 0.3) is 0 Å². The van der Waals surface area contributed by atoms with E-state index in [0.717, 1.165) is 10.6 Å².